The molecule has 0 amide bonds. The SMILES string of the molecule is Cc1cc(=O)c2cnn(-c3ccccc3)c2[nH]1. The van der Waals surface area contributed by atoms with Gasteiger partial charge in [-0.15, -0.1) is 0 Å². The Kier molecular flexibility index (Phi) is 2.08. The molecule has 4 nitrogen and oxygen atoms in total. The van der Waals surface area contributed by atoms with Gasteiger partial charge in [0, 0.05) is 11.8 Å². The third-order valence-electron chi connectivity index (χ3n) is 2.70. The highest BCUT2D eigenvalue weighted by atomic mass is 16.1. The number of aromatic amines is 1. The molecule has 0 saturated carbocycles. The monoisotopic (exact) mass is 225 g/mol. The molecule has 3 aromatic rings. The molecule has 0 aliphatic carbocycles. The Bertz CT molecular complexity index is 725. The number of nitrogens with zero attached hydrogens (tertiary/aromatic N) is 2. The Balaban J connectivity index is 2.36. The number of fused-ring (bicyclic) bond motifs is 1. The minimum Gasteiger partial charge on any atom is -0.343 e. The zero-order chi connectivity index (χ0) is 11.8. The molecule has 1 N–H and O–H groups in total. The Hall–Kier alpha value is -2.36. The number of aromatic nitrogens is 3. The van der Waals surface area contributed by atoms with Crippen LogP contribution >= 0.6 is 0 Å². The fraction of sp³-hybridized carbons (Fsp3) is 0.0769. The molecular formula is C13H11N3O. The molecule has 0 saturated heterocycles. The average molecular weight is 225 g/mol. The highest BCUT2D eigenvalue weighted by Crippen LogP contribution is 2.13. The summed E-state index contributed by atoms with van der Waals surface area (Å²) in [4.78, 5) is 14.9. The first-order chi connectivity index (χ1) is 8.25. The minimum atomic E-state index is -0.00145. The average Bonchev–Trinajstić information content (AvgIpc) is 2.74. The molecule has 0 atom stereocenters. The normalized spacial score (nSPS) is 10.9. The van der Waals surface area contributed by atoms with Gasteiger partial charge >= 0.3 is 0 Å². The minimum absolute atomic E-state index is 0.00145. The van der Waals surface area contributed by atoms with Gasteiger partial charge in [0.15, 0.2) is 5.43 Å². The number of pyridine rings is 1. The lowest BCUT2D eigenvalue weighted by Gasteiger charge is -2.03. The maximum Gasteiger partial charge on any atom is 0.192 e. The lowest BCUT2D eigenvalue weighted by molar-refractivity contribution is 0.894. The summed E-state index contributed by atoms with van der Waals surface area (Å²) >= 11 is 0. The first kappa shape index (κ1) is 9.84. The van der Waals surface area contributed by atoms with Gasteiger partial charge < -0.3 is 4.98 Å². The highest BCUT2D eigenvalue weighted by molar-refractivity contribution is 5.76. The van der Waals surface area contributed by atoms with Gasteiger partial charge in [0.2, 0.25) is 0 Å². The summed E-state index contributed by atoms with van der Waals surface area (Å²) < 4.78 is 1.74. The van der Waals surface area contributed by atoms with E-state index in [1.807, 2.05) is 37.3 Å². The summed E-state index contributed by atoms with van der Waals surface area (Å²) in [6.07, 6.45) is 1.60. The maximum absolute atomic E-state index is 11.8. The largest absolute Gasteiger partial charge is 0.343 e. The van der Waals surface area contributed by atoms with Crippen LogP contribution in [0.15, 0.2) is 47.4 Å². The van der Waals surface area contributed by atoms with Gasteiger partial charge in [0.25, 0.3) is 0 Å². The van der Waals surface area contributed by atoms with E-state index in [2.05, 4.69) is 10.1 Å². The van der Waals surface area contributed by atoms with E-state index >= 15 is 0 Å². The molecule has 2 heterocycles. The fourth-order valence-electron chi connectivity index (χ4n) is 1.91. The summed E-state index contributed by atoms with van der Waals surface area (Å²) in [5.41, 5.74) is 2.50. The van der Waals surface area contributed by atoms with Gasteiger partial charge in [-0.25, -0.2) is 4.68 Å². The van der Waals surface area contributed by atoms with Crippen molar-refractivity contribution >= 4 is 11.0 Å². The van der Waals surface area contributed by atoms with Crippen LogP contribution in [0.25, 0.3) is 16.7 Å². The van der Waals surface area contributed by atoms with Crippen LogP contribution in [-0.2, 0) is 0 Å². The van der Waals surface area contributed by atoms with E-state index in [9.17, 15) is 4.79 Å². The number of aryl methyl sites for hydroxylation is 1. The number of rotatable bonds is 1. The third kappa shape index (κ3) is 1.54. The molecule has 1 aromatic carbocycles. The Morgan fingerprint density at radius 3 is 2.76 bits per heavy atom. The summed E-state index contributed by atoms with van der Waals surface area (Å²) in [5, 5.41) is 4.86. The number of hydrogen-bond acceptors (Lipinski definition) is 2. The Labute approximate surface area is 97.5 Å². The molecule has 84 valence electrons. The smallest absolute Gasteiger partial charge is 0.192 e. The first-order valence-electron chi connectivity index (χ1n) is 5.39. The molecule has 2 aromatic heterocycles. The van der Waals surface area contributed by atoms with Crippen LogP contribution < -0.4 is 5.43 Å². The van der Waals surface area contributed by atoms with Crippen molar-refractivity contribution in [1.29, 1.82) is 0 Å². The summed E-state index contributed by atoms with van der Waals surface area (Å²) in [6.45, 7) is 1.86. The number of hydrogen-bond donors (Lipinski definition) is 1. The predicted molar refractivity (Wildman–Crippen MR) is 66.4 cm³/mol. The second-order valence-corrected chi connectivity index (χ2v) is 3.97. The van der Waals surface area contributed by atoms with Crippen molar-refractivity contribution in [2.45, 2.75) is 6.92 Å². The van der Waals surface area contributed by atoms with Crippen LogP contribution in [-0.4, -0.2) is 14.8 Å². The van der Waals surface area contributed by atoms with E-state index in [-0.39, 0.29) is 5.43 Å². The molecule has 3 rings (SSSR count). The molecule has 0 bridgehead atoms. The topological polar surface area (TPSA) is 50.7 Å². The van der Waals surface area contributed by atoms with Crippen LogP contribution in [0.5, 0.6) is 0 Å². The van der Waals surface area contributed by atoms with E-state index in [0.29, 0.717) is 5.39 Å². The third-order valence-corrected chi connectivity index (χ3v) is 2.70. The van der Waals surface area contributed by atoms with Crippen molar-refractivity contribution < 1.29 is 0 Å². The maximum atomic E-state index is 11.8. The zero-order valence-electron chi connectivity index (χ0n) is 9.34. The molecule has 0 spiro atoms. The number of H-pyrrole nitrogens is 1. The van der Waals surface area contributed by atoms with E-state index in [4.69, 9.17) is 0 Å². The molecule has 0 aliphatic heterocycles. The van der Waals surface area contributed by atoms with E-state index in [1.54, 1.807) is 16.9 Å². The summed E-state index contributed by atoms with van der Waals surface area (Å²) in [5.74, 6) is 0. The Morgan fingerprint density at radius 1 is 1.24 bits per heavy atom. The predicted octanol–water partition coefficient (Wildman–Crippen LogP) is 2.02. The number of para-hydroxylation sites is 1. The van der Waals surface area contributed by atoms with Crippen molar-refractivity contribution in [2.24, 2.45) is 0 Å². The van der Waals surface area contributed by atoms with E-state index in [1.165, 1.54) is 0 Å². The molecule has 0 fully saturated rings. The van der Waals surface area contributed by atoms with E-state index < -0.39 is 0 Å². The molecular weight excluding hydrogens is 214 g/mol. The standard InChI is InChI=1S/C13H11N3O/c1-9-7-12(17)11-8-14-16(13(11)15-9)10-5-3-2-4-6-10/h2-8H,1H3,(H,15,17). The first-order valence-corrected chi connectivity index (χ1v) is 5.39. The number of nitrogens with one attached hydrogen (secondary N) is 1. The van der Waals surface area contributed by atoms with Crippen molar-refractivity contribution in [3.05, 3.63) is 58.5 Å². The van der Waals surface area contributed by atoms with Crippen LogP contribution in [0, 0.1) is 6.92 Å². The van der Waals surface area contributed by atoms with Gasteiger partial charge in [0.1, 0.15) is 5.65 Å². The highest BCUT2D eigenvalue weighted by Gasteiger charge is 2.07. The fourth-order valence-corrected chi connectivity index (χ4v) is 1.91. The van der Waals surface area contributed by atoms with Gasteiger partial charge in [-0.2, -0.15) is 5.10 Å². The molecule has 0 radical (unpaired) electrons. The summed E-state index contributed by atoms with van der Waals surface area (Å²) in [7, 11) is 0. The van der Waals surface area contributed by atoms with Gasteiger partial charge in [-0.3, -0.25) is 4.79 Å². The van der Waals surface area contributed by atoms with Crippen LogP contribution in [0.2, 0.25) is 0 Å². The molecule has 0 aliphatic rings. The quantitative estimate of drug-likeness (QED) is 0.688. The van der Waals surface area contributed by atoms with Crippen LogP contribution in [0.3, 0.4) is 0 Å². The van der Waals surface area contributed by atoms with Crippen LogP contribution in [0.4, 0.5) is 0 Å². The van der Waals surface area contributed by atoms with Gasteiger partial charge in [0.05, 0.1) is 17.3 Å². The molecule has 17 heavy (non-hydrogen) atoms. The molecule has 0 unspecified atom stereocenters. The van der Waals surface area contributed by atoms with Crippen molar-refractivity contribution in [3.63, 3.8) is 0 Å². The zero-order valence-corrected chi connectivity index (χ0v) is 9.34. The van der Waals surface area contributed by atoms with Crippen LogP contribution in [0.1, 0.15) is 5.69 Å². The van der Waals surface area contributed by atoms with E-state index in [0.717, 1.165) is 17.0 Å². The molecule has 4 heteroatoms. The lowest BCUT2D eigenvalue weighted by Crippen LogP contribution is -2.04. The second-order valence-electron chi connectivity index (χ2n) is 3.97. The van der Waals surface area contributed by atoms with Crippen molar-refractivity contribution in [1.82, 2.24) is 14.8 Å². The van der Waals surface area contributed by atoms with Gasteiger partial charge in [-0.1, -0.05) is 18.2 Å². The van der Waals surface area contributed by atoms with Gasteiger partial charge in [-0.05, 0) is 19.1 Å². The van der Waals surface area contributed by atoms with Crippen molar-refractivity contribution in [3.8, 4) is 5.69 Å². The van der Waals surface area contributed by atoms with Crippen molar-refractivity contribution in [2.75, 3.05) is 0 Å². The summed E-state index contributed by atoms with van der Waals surface area (Å²) in [6, 6.07) is 11.3. The Morgan fingerprint density at radius 2 is 2.00 bits per heavy atom. The second kappa shape index (κ2) is 3.59. The lowest BCUT2D eigenvalue weighted by atomic mass is 10.3. The number of benzene rings is 1.